The lowest BCUT2D eigenvalue weighted by Crippen LogP contribution is -2.39. The van der Waals surface area contributed by atoms with E-state index >= 15 is 0 Å². The number of nitrogens with zero attached hydrogens (tertiary/aromatic N) is 10. The third kappa shape index (κ3) is 4.76. The SMILES string of the molecule is Cl.c1ccc(-c2cnn(-c3nc(C4CN(c5ccncn5)CCO4)c4nc(-c5ccncc5)n(C5CC5)c4n3)c2)cc1. The number of rotatable bonds is 6. The molecule has 42 heavy (non-hydrogen) atoms. The predicted molar refractivity (Wildman–Crippen MR) is 160 cm³/mol. The van der Waals surface area contributed by atoms with Crippen molar-refractivity contribution < 1.29 is 4.74 Å². The average molecular weight is 579 g/mol. The fraction of sp³-hybridized carbons (Fsp3) is 0.233. The fourth-order valence-corrected chi connectivity index (χ4v) is 5.40. The summed E-state index contributed by atoms with van der Waals surface area (Å²) in [6.45, 7) is 1.85. The van der Waals surface area contributed by atoms with E-state index in [1.54, 1.807) is 29.6 Å². The maximum absolute atomic E-state index is 6.36. The number of imidazole rings is 1. The standard InChI is InChI=1S/C30H26N10O.ClH/c1-2-4-20(5-3-1)22-16-34-39(17-22)30-36-26(24-18-38(14-15-41-24)25-10-13-32-19-33-25)27-29(37-30)40(23-6-7-23)28(35-27)21-8-11-31-12-9-21;/h1-5,8-13,16-17,19,23-24H,6-7,14-15,18H2;1H. The Morgan fingerprint density at radius 2 is 1.67 bits per heavy atom. The summed E-state index contributed by atoms with van der Waals surface area (Å²) in [6, 6.07) is 16.4. The zero-order chi connectivity index (χ0) is 27.2. The number of aromatic nitrogens is 9. The van der Waals surface area contributed by atoms with Gasteiger partial charge in [-0.15, -0.1) is 12.4 Å². The first-order valence-electron chi connectivity index (χ1n) is 13.7. The van der Waals surface area contributed by atoms with Gasteiger partial charge >= 0.3 is 0 Å². The van der Waals surface area contributed by atoms with Crippen molar-refractivity contribution in [3.05, 3.63) is 91.5 Å². The van der Waals surface area contributed by atoms with Crippen molar-refractivity contribution in [1.82, 2.24) is 44.3 Å². The summed E-state index contributed by atoms with van der Waals surface area (Å²) < 4.78 is 10.4. The minimum Gasteiger partial charge on any atom is -0.368 e. The number of fused-ring (bicyclic) bond motifs is 1. The Hall–Kier alpha value is -4.74. The third-order valence-electron chi connectivity index (χ3n) is 7.56. The molecule has 6 aromatic rings. The molecule has 0 N–H and O–H groups in total. The largest absolute Gasteiger partial charge is 0.368 e. The zero-order valence-corrected chi connectivity index (χ0v) is 23.4. The molecule has 1 aliphatic heterocycles. The zero-order valence-electron chi connectivity index (χ0n) is 22.6. The van der Waals surface area contributed by atoms with Gasteiger partial charge in [-0.25, -0.2) is 24.6 Å². The minimum absolute atomic E-state index is 0. The first-order chi connectivity index (χ1) is 20.3. The van der Waals surface area contributed by atoms with Crippen LogP contribution < -0.4 is 4.90 Å². The van der Waals surface area contributed by atoms with Gasteiger partial charge in [0.2, 0.25) is 0 Å². The topological polar surface area (TPSA) is 113 Å². The van der Waals surface area contributed by atoms with Gasteiger partial charge in [0.05, 0.1) is 19.3 Å². The number of hydrogen-bond acceptors (Lipinski definition) is 9. The number of morpholine rings is 1. The second kappa shape index (κ2) is 10.9. The summed E-state index contributed by atoms with van der Waals surface area (Å²) >= 11 is 0. The highest BCUT2D eigenvalue weighted by Crippen LogP contribution is 2.42. The Balaban J connectivity index is 0.00000288. The van der Waals surface area contributed by atoms with Crippen LogP contribution in [0.3, 0.4) is 0 Å². The maximum Gasteiger partial charge on any atom is 0.252 e. The van der Waals surface area contributed by atoms with Crippen LogP contribution in [0, 0.1) is 0 Å². The molecule has 1 saturated carbocycles. The Morgan fingerprint density at radius 1 is 0.833 bits per heavy atom. The smallest absolute Gasteiger partial charge is 0.252 e. The van der Waals surface area contributed by atoms with Gasteiger partial charge in [-0.3, -0.25) is 4.98 Å². The molecule has 8 rings (SSSR count). The molecule has 0 spiro atoms. The molecule has 6 heterocycles. The van der Waals surface area contributed by atoms with Gasteiger partial charge in [0.15, 0.2) is 5.65 Å². The monoisotopic (exact) mass is 578 g/mol. The second-order valence-corrected chi connectivity index (χ2v) is 10.3. The molecule has 0 radical (unpaired) electrons. The second-order valence-electron chi connectivity index (χ2n) is 10.3. The molecule has 1 aromatic carbocycles. The number of hydrogen-bond donors (Lipinski definition) is 0. The summed E-state index contributed by atoms with van der Waals surface area (Å²) in [6.07, 6.45) is 12.6. The van der Waals surface area contributed by atoms with Crippen LogP contribution in [-0.4, -0.2) is 63.9 Å². The van der Waals surface area contributed by atoms with Crippen molar-refractivity contribution in [2.24, 2.45) is 0 Å². The molecule has 1 atom stereocenters. The van der Waals surface area contributed by atoms with E-state index in [9.17, 15) is 0 Å². The van der Waals surface area contributed by atoms with E-state index in [0.717, 1.165) is 64.6 Å². The quantitative estimate of drug-likeness (QED) is 0.273. The molecule has 5 aromatic heterocycles. The predicted octanol–water partition coefficient (Wildman–Crippen LogP) is 4.87. The van der Waals surface area contributed by atoms with Crippen molar-refractivity contribution in [2.75, 3.05) is 24.6 Å². The highest BCUT2D eigenvalue weighted by Gasteiger charge is 2.34. The van der Waals surface area contributed by atoms with Crippen molar-refractivity contribution >= 4 is 29.4 Å². The van der Waals surface area contributed by atoms with E-state index in [1.165, 1.54) is 0 Å². The van der Waals surface area contributed by atoms with Crippen LogP contribution in [0.25, 0.3) is 39.6 Å². The molecular weight excluding hydrogens is 552 g/mol. The van der Waals surface area contributed by atoms with E-state index in [-0.39, 0.29) is 18.5 Å². The van der Waals surface area contributed by atoms with Gasteiger partial charge in [0, 0.05) is 48.5 Å². The first-order valence-corrected chi connectivity index (χ1v) is 13.7. The van der Waals surface area contributed by atoms with Gasteiger partial charge in [0.25, 0.3) is 5.95 Å². The Morgan fingerprint density at radius 3 is 2.45 bits per heavy atom. The van der Waals surface area contributed by atoms with Crippen LogP contribution in [0.4, 0.5) is 5.82 Å². The average Bonchev–Trinajstić information content (AvgIpc) is 3.62. The van der Waals surface area contributed by atoms with E-state index in [2.05, 4.69) is 41.7 Å². The molecule has 11 nitrogen and oxygen atoms in total. The summed E-state index contributed by atoms with van der Waals surface area (Å²) in [5.74, 6) is 2.21. The summed E-state index contributed by atoms with van der Waals surface area (Å²) in [5.41, 5.74) is 5.36. The normalized spacial score (nSPS) is 16.9. The van der Waals surface area contributed by atoms with Crippen LogP contribution in [0.5, 0.6) is 0 Å². The van der Waals surface area contributed by atoms with Crippen molar-refractivity contribution in [3.63, 3.8) is 0 Å². The van der Waals surface area contributed by atoms with E-state index in [1.807, 2.05) is 48.8 Å². The molecule has 12 heteroatoms. The Kier molecular flexibility index (Phi) is 6.80. The van der Waals surface area contributed by atoms with Gasteiger partial charge < -0.3 is 14.2 Å². The lowest BCUT2D eigenvalue weighted by molar-refractivity contribution is 0.0376. The number of benzene rings is 1. The molecule has 210 valence electrons. The lowest BCUT2D eigenvalue weighted by Gasteiger charge is -2.33. The fourth-order valence-electron chi connectivity index (χ4n) is 5.40. The minimum atomic E-state index is -0.333. The summed E-state index contributed by atoms with van der Waals surface area (Å²) in [7, 11) is 0. The van der Waals surface area contributed by atoms with Gasteiger partial charge in [-0.1, -0.05) is 30.3 Å². The number of ether oxygens (including phenoxy) is 1. The van der Waals surface area contributed by atoms with Crippen molar-refractivity contribution in [1.29, 1.82) is 0 Å². The number of halogens is 1. The maximum atomic E-state index is 6.36. The van der Waals surface area contributed by atoms with Crippen LogP contribution >= 0.6 is 12.4 Å². The molecule has 1 aliphatic carbocycles. The van der Waals surface area contributed by atoms with Crippen LogP contribution in [0.1, 0.15) is 30.7 Å². The van der Waals surface area contributed by atoms with Gasteiger partial charge in [-0.05, 0) is 36.6 Å². The molecule has 0 bridgehead atoms. The molecular formula is C30H27ClN10O. The molecule has 1 saturated heterocycles. The lowest BCUT2D eigenvalue weighted by atomic mass is 10.1. The third-order valence-corrected chi connectivity index (χ3v) is 7.56. The summed E-state index contributed by atoms with van der Waals surface area (Å²) in [5, 5.41) is 4.66. The van der Waals surface area contributed by atoms with Crippen molar-refractivity contribution in [3.8, 4) is 28.5 Å². The number of pyridine rings is 1. The van der Waals surface area contributed by atoms with Crippen LogP contribution in [0.2, 0.25) is 0 Å². The van der Waals surface area contributed by atoms with Gasteiger partial charge in [-0.2, -0.15) is 10.1 Å². The highest BCUT2D eigenvalue weighted by atomic mass is 35.5. The first kappa shape index (κ1) is 26.2. The van der Waals surface area contributed by atoms with Crippen LogP contribution in [0.15, 0.2) is 85.8 Å². The molecule has 1 unspecified atom stereocenters. The van der Waals surface area contributed by atoms with Gasteiger partial charge in [0.1, 0.15) is 35.3 Å². The summed E-state index contributed by atoms with van der Waals surface area (Å²) in [4.78, 5) is 30.3. The van der Waals surface area contributed by atoms with Crippen LogP contribution in [-0.2, 0) is 4.74 Å². The molecule has 2 aliphatic rings. The Labute approximate surface area is 247 Å². The Bertz CT molecular complexity index is 1820. The van der Waals surface area contributed by atoms with E-state index in [4.69, 9.17) is 19.7 Å². The van der Waals surface area contributed by atoms with E-state index < -0.39 is 0 Å². The molecule has 0 amide bonds. The van der Waals surface area contributed by atoms with E-state index in [0.29, 0.717) is 25.1 Å². The number of anilines is 1. The molecule has 2 fully saturated rings. The highest BCUT2D eigenvalue weighted by molar-refractivity contribution is 5.85. The van der Waals surface area contributed by atoms with Crippen molar-refractivity contribution in [2.45, 2.75) is 25.0 Å².